The molecular weight excluding hydrogens is 498 g/mol. The molecule has 0 aliphatic carbocycles. The van der Waals surface area contributed by atoms with Crippen LogP contribution in [0, 0.1) is 0 Å². The molecule has 0 radical (unpaired) electrons. The molecule has 0 saturated heterocycles. The maximum absolute atomic E-state index is 12.6. The molecule has 0 aromatic carbocycles. The van der Waals surface area contributed by atoms with Gasteiger partial charge >= 0.3 is 11.9 Å². The van der Waals surface area contributed by atoms with Gasteiger partial charge in [0, 0.05) is 36.9 Å². The zero-order chi connectivity index (χ0) is 27.2. The second-order valence-electron chi connectivity index (χ2n) is 10.9. The molecule has 0 aromatic rings. The van der Waals surface area contributed by atoms with Crippen LogP contribution in [0.1, 0.15) is 19.3 Å². The molecule has 0 aliphatic rings. The van der Waals surface area contributed by atoms with Crippen molar-refractivity contribution < 1.29 is 52.5 Å². The summed E-state index contributed by atoms with van der Waals surface area (Å²) in [7, 11) is 7.61. The number of hydrogen-bond acceptors (Lipinski definition) is 9. The van der Waals surface area contributed by atoms with E-state index in [0.29, 0.717) is 34.4 Å². The van der Waals surface area contributed by atoms with Crippen LogP contribution < -0.4 is 0 Å². The van der Waals surface area contributed by atoms with Crippen molar-refractivity contribution in [2.45, 2.75) is 36.7 Å². The average molecular weight is 547 g/mol. The molecule has 0 amide bonds. The summed E-state index contributed by atoms with van der Waals surface area (Å²) in [5.74, 6) is -1.88. The summed E-state index contributed by atoms with van der Waals surface area (Å²) in [4.78, 5) is 24.2. The molecule has 13 heteroatoms. The molecule has 3 N–H and O–H groups in total. The van der Waals surface area contributed by atoms with E-state index < -0.39 is 51.4 Å². The van der Waals surface area contributed by atoms with Gasteiger partial charge < -0.3 is 42.9 Å². The third kappa shape index (κ3) is 17.3. The van der Waals surface area contributed by atoms with Gasteiger partial charge in [-0.15, -0.1) is 0 Å². The van der Waals surface area contributed by atoms with Gasteiger partial charge in [-0.2, -0.15) is 0 Å². The van der Waals surface area contributed by atoms with E-state index in [1.54, 1.807) is 0 Å². The Morgan fingerprint density at radius 3 is 1.54 bits per heavy atom. The van der Waals surface area contributed by atoms with Crippen LogP contribution in [0.5, 0.6) is 0 Å². The number of aliphatic hydroxyl groups excluding tert-OH is 3. The largest absolute Gasteiger partial charge is 0.465 e. The number of quaternary nitrogens is 2. The number of rotatable bonds is 19. The van der Waals surface area contributed by atoms with E-state index in [9.17, 15) is 34.0 Å². The van der Waals surface area contributed by atoms with Crippen molar-refractivity contribution >= 4 is 27.5 Å². The zero-order valence-corrected chi connectivity index (χ0v) is 24.2. The molecule has 0 bridgehead atoms. The highest BCUT2D eigenvalue weighted by Crippen LogP contribution is 2.32. The molecule has 11 nitrogen and oxygen atoms in total. The number of carbonyl (C=O) groups is 2. The lowest BCUT2D eigenvalue weighted by Crippen LogP contribution is -2.37. The smallest absolute Gasteiger partial charge is 0.335 e. The summed E-state index contributed by atoms with van der Waals surface area (Å²) in [5.41, 5.74) is -0.989. The summed E-state index contributed by atoms with van der Waals surface area (Å²) in [6, 6.07) is 0. The molecule has 0 spiro atoms. The van der Waals surface area contributed by atoms with Crippen LogP contribution in [0.4, 0.5) is 0 Å². The van der Waals surface area contributed by atoms with E-state index >= 15 is 0 Å². The monoisotopic (exact) mass is 546 g/mol. The van der Waals surface area contributed by atoms with Crippen LogP contribution in [0.25, 0.3) is 0 Å². The topological polar surface area (TPSA) is 147 Å². The molecule has 0 heterocycles. The van der Waals surface area contributed by atoms with Gasteiger partial charge in [0.1, 0.15) is 13.2 Å². The van der Waals surface area contributed by atoms with Crippen molar-refractivity contribution in [3.63, 3.8) is 0 Å². The number of esters is 2. The quantitative estimate of drug-likeness (QED) is 0.114. The van der Waals surface area contributed by atoms with Crippen LogP contribution in [-0.2, 0) is 28.2 Å². The highest BCUT2D eigenvalue weighted by atomic mass is 31.1. The minimum absolute atomic E-state index is 0.164. The summed E-state index contributed by atoms with van der Waals surface area (Å²) in [6.45, 7) is 0.573. The molecule has 0 fully saturated rings. The Kier molecular flexibility index (Phi) is 16.5. The van der Waals surface area contributed by atoms with E-state index in [2.05, 4.69) is 0 Å². The fourth-order valence-electron chi connectivity index (χ4n) is 3.06. The fourth-order valence-corrected chi connectivity index (χ4v) is 7.10. The first-order chi connectivity index (χ1) is 16.1. The molecule has 0 aromatic heterocycles. The van der Waals surface area contributed by atoms with Gasteiger partial charge in [-0.1, -0.05) is 0 Å². The fraction of sp³-hybridized carbons (Fsp3) is 0.909. The van der Waals surface area contributed by atoms with E-state index in [4.69, 9.17) is 9.47 Å². The Bertz CT molecular complexity index is 693. The first kappa shape index (κ1) is 34.2. The van der Waals surface area contributed by atoms with Gasteiger partial charge in [0.15, 0.2) is 6.10 Å². The molecule has 35 heavy (non-hydrogen) atoms. The van der Waals surface area contributed by atoms with Crippen LogP contribution >= 0.6 is 15.6 Å². The number of ether oxygens (including phenoxy) is 2. The third-order valence-electron chi connectivity index (χ3n) is 5.43. The van der Waals surface area contributed by atoms with Crippen molar-refractivity contribution in [1.29, 1.82) is 0 Å². The molecule has 0 saturated carbocycles. The zero-order valence-electron chi connectivity index (χ0n) is 22.2. The maximum atomic E-state index is 12.6. The molecule has 0 rings (SSSR count). The Hall–Kier alpha value is -0.800. The van der Waals surface area contributed by atoms with Crippen LogP contribution in [-0.4, -0.2) is 148 Å². The van der Waals surface area contributed by atoms with Gasteiger partial charge in [-0.25, -0.2) is 4.79 Å². The minimum Gasteiger partial charge on any atom is -0.465 e. The van der Waals surface area contributed by atoms with Crippen LogP contribution in [0.15, 0.2) is 0 Å². The normalized spacial score (nSPS) is 16.7. The number of nitrogens with zero attached hydrogens (tertiary/aromatic N) is 2. The van der Waals surface area contributed by atoms with Gasteiger partial charge in [-0.3, -0.25) is 4.79 Å². The van der Waals surface area contributed by atoms with Crippen molar-refractivity contribution in [3.8, 4) is 0 Å². The van der Waals surface area contributed by atoms with Crippen molar-refractivity contribution in [2.24, 2.45) is 0 Å². The lowest BCUT2D eigenvalue weighted by molar-refractivity contribution is -0.867. The summed E-state index contributed by atoms with van der Waals surface area (Å²) >= 11 is 0. The second kappa shape index (κ2) is 16.8. The minimum atomic E-state index is -2.14. The lowest BCUT2D eigenvalue weighted by atomic mass is 10.2. The second-order valence-corrected chi connectivity index (χ2v) is 15.4. The average Bonchev–Trinajstić information content (AvgIpc) is 2.74. The highest BCUT2D eigenvalue weighted by Gasteiger charge is 2.27. The molecular formula is C22H48N2O9P2+2. The molecule has 0 aliphatic heterocycles. The maximum Gasteiger partial charge on any atom is 0.335 e. The number of aliphatic hydroxyl groups is 3. The molecule has 208 valence electrons. The lowest BCUT2D eigenvalue weighted by Gasteiger charge is -2.25. The number of hydrogen-bond donors (Lipinski definition) is 3. The third-order valence-corrected chi connectivity index (χ3v) is 9.59. The standard InChI is InChI=1S/C22H48N2O9P2/c1-23(2,3)9-13-34(30)18(7-11-25)16-32-21(28)15-20(27)22(29)33-17-19(8-12-26)35(31)14-10-24(4,5)6/h18-20,25-27,34-35H,7-17H2,1-6H3/q+2. The van der Waals surface area contributed by atoms with E-state index in [1.165, 1.54) is 0 Å². The van der Waals surface area contributed by atoms with Crippen molar-refractivity contribution in [3.05, 3.63) is 0 Å². The first-order valence-corrected chi connectivity index (χ1v) is 15.4. The predicted octanol–water partition coefficient (Wildman–Crippen LogP) is -0.142. The number of carbonyl (C=O) groups excluding carboxylic acids is 2. The van der Waals surface area contributed by atoms with Crippen LogP contribution in [0.3, 0.4) is 0 Å². The Morgan fingerprint density at radius 2 is 1.17 bits per heavy atom. The van der Waals surface area contributed by atoms with E-state index in [1.807, 2.05) is 42.3 Å². The summed E-state index contributed by atoms with van der Waals surface area (Å²) < 4.78 is 36.6. The van der Waals surface area contributed by atoms with Gasteiger partial charge in [0.2, 0.25) is 0 Å². The van der Waals surface area contributed by atoms with Crippen molar-refractivity contribution in [2.75, 3.05) is 94.1 Å². The predicted molar refractivity (Wildman–Crippen MR) is 137 cm³/mol. The molecule has 5 atom stereocenters. The van der Waals surface area contributed by atoms with Crippen LogP contribution in [0.2, 0.25) is 0 Å². The van der Waals surface area contributed by atoms with Crippen molar-refractivity contribution in [1.82, 2.24) is 0 Å². The van der Waals surface area contributed by atoms with Gasteiger partial charge in [-0.05, 0) is 12.8 Å². The van der Waals surface area contributed by atoms with E-state index in [-0.39, 0.29) is 39.3 Å². The Balaban J connectivity index is 4.66. The highest BCUT2D eigenvalue weighted by molar-refractivity contribution is 7.45. The Labute approximate surface area is 211 Å². The van der Waals surface area contributed by atoms with Gasteiger partial charge in [0.05, 0.1) is 77.4 Å². The van der Waals surface area contributed by atoms with Gasteiger partial charge in [0.25, 0.3) is 0 Å². The Morgan fingerprint density at radius 1 is 0.771 bits per heavy atom. The summed E-state index contributed by atoms with van der Waals surface area (Å²) in [5, 5.41) is 28.5. The SMILES string of the molecule is C[N+](C)(C)CC[PH](=O)C(CCO)COC(=O)CC(O)C(=O)OCC(CCO)[PH](=O)CC[N+](C)(C)C. The first-order valence-electron chi connectivity index (χ1n) is 12.0. The summed E-state index contributed by atoms with van der Waals surface area (Å²) in [6.07, 6.45) is -1.05. The van der Waals surface area contributed by atoms with E-state index in [0.717, 1.165) is 0 Å². The molecule has 5 unspecified atom stereocenters.